The average molecular weight is 417 g/mol. The third kappa shape index (κ3) is 5.14. The molecule has 0 aromatic carbocycles. The van der Waals surface area contributed by atoms with Crippen LogP contribution in [0.3, 0.4) is 0 Å². The van der Waals surface area contributed by atoms with Gasteiger partial charge in [-0.3, -0.25) is 4.90 Å². The molecule has 2 heterocycles. The van der Waals surface area contributed by atoms with Crippen molar-refractivity contribution in [1.82, 2.24) is 9.80 Å². The molecule has 1 atom stereocenters. The van der Waals surface area contributed by atoms with E-state index < -0.39 is 29.9 Å². The zero-order chi connectivity index (χ0) is 21.3. The van der Waals surface area contributed by atoms with Crippen LogP contribution in [0, 0.1) is 5.92 Å². The molecule has 2 aliphatic heterocycles. The number of nitrogens with zero attached hydrogens (tertiary/aromatic N) is 2. The van der Waals surface area contributed by atoms with E-state index in [-0.39, 0.29) is 25.0 Å². The van der Waals surface area contributed by atoms with Crippen molar-refractivity contribution in [2.75, 3.05) is 26.2 Å². The lowest BCUT2D eigenvalue weighted by atomic mass is 9.88. The number of alkyl halides is 2. The fourth-order valence-corrected chi connectivity index (χ4v) is 4.59. The molecule has 0 N–H and O–H groups in total. The largest absolute Gasteiger partial charge is 0.456 e. The number of esters is 1. The van der Waals surface area contributed by atoms with Gasteiger partial charge in [0.25, 0.3) is 11.8 Å². The highest BCUT2D eigenvalue weighted by atomic mass is 19.3. The molecule has 1 unspecified atom stereocenters. The van der Waals surface area contributed by atoms with Gasteiger partial charge in [-0.1, -0.05) is 0 Å². The predicted molar refractivity (Wildman–Crippen MR) is 103 cm³/mol. The Morgan fingerprint density at radius 2 is 1.66 bits per heavy atom. The van der Waals surface area contributed by atoms with E-state index in [0.29, 0.717) is 38.8 Å². The van der Waals surface area contributed by atoms with Crippen molar-refractivity contribution < 1.29 is 27.8 Å². The molecule has 0 aromatic rings. The van der Waals surface area contributed by atoms with Crippen LogP contribution >= 0.6 is 0 Å². The van der Waals surface area contributed by atoms with Crippen molar-refractivity contribution in [3.05, 3.63) is 0 Å². The number of carbonyl (C=O) groups is 2. The van der Waals surface area contributed by atoms with E-state index in [1.807, 2.05) is 4.90 Å². The third-order valence-electron chi connectivity index (χ3n) is 6.04. The average Bonchev–Trinajstić information content (AvgIpc) is 3.28. The van der Waals surface area contributed by atoms with Crippen molar-refractivity contribution in [2.45, 2.75) is 89.2 Å². The lowest BCUT2D eigenvalue weighted by molar-refractivity contribution is -0.276. The smallest absolute Gasteiger partial charge is 0.371 e. The van der Waals surface area contributed by atoms with E-state index in [0.717, 1.165) is 19.1 Å². The minimum Gasteiger partial charge on any atom is -0.456 e. The van der Waals surface area contributed by atoms with E-state index in [1.165, 1.54) is 4.90 Å². The molecule has 166 valence electrons. The standard InChI is InChI=1S/C21H34F2N2O4/c1-19(2,3)29-18(27)21(24-11-4-5-12-24,25-13-10-20(22,23)15-25)28-17-8-6-16(14-26)7-9-17/h14,16-17H,4-13,15H2,1-3H3. The molecule has 1 saturated carbocycles. The second-order valence-corrected chi connectivity index (χ2v) is 9.62. The van der Waals surface area contributed by atoms with E-state index in [2.05, 4.69) is 0 Å². The van der Waals surface area contributed by atoms with E-state index in [4.69, 9.17) is 9.47 Å². The van der Waals surface area contributed by atoms with Gasteiger partial charge < -0.3 is 14.3 Å². The molecule has 0 aromatic heterocycles. The Bertz CT molecular complexity index is 596. The summed E-state index contributed by atoms with van der Waals surface area (Å²) in [6.45, 7) is 6.07. The Morgan fingerprint density at radius 1 is 1.03 bits per heavy atom. The second-order valence-electron chi connectivity index (χ2n) is 9.62. The highest BCUT2D eigenvalue weighted by Gasteiger charge is 2.59. The Hall–Kier alpha value is -1.12. The number of aldehydes is 1. The number of rotatable bonds is 6. The molecule has 3 rings (SSSR count). The number of carbonyl (C=O) groups excluding carboxylic acids is 2. The van der Waals surface area contributed by atoms with Gasteiger partial charge in [0.05, 0.1) is 12.6 Å². The van der Waals surface area contributed by atoms with Crippen LogP contribution in [0.5, 0.6) is 0 Å². The molecule has 3 fully saturated rings. The van der Waals surface area contributed by atoms with Gasteiger partial charge in [-0.05, 0) is 59.3 Å². The van der Waals surface area contributed by atoms with Gasteiger partial charge in [0, 0.05) is 32.0 Å². The molecular weight excluding hydrogens is 382 g/mol. The van der Waals surface area contributed by atoms with Crippen LogP contribution in [0.2, 0.25) is 0 Å². The fourth-order valence-electron chi connectivity index (χ4n) is 4.59. The second kappa shape index (κ2) is 8.55. The summed E-state index contributed by atoms with van der Waals surface area (Å²) in [4.78, 5) is 28.0. The van der Waals surface area contributed by atoms with Crippen LogP contribution in [0.25, 0.3) is 0 Å². The summed E-state index contributed by atoms with van der Waals surface area (Å²) in [6, 6.07) is 0. The van der Waals surface area contributed by atoms with Gasteiger partial charge in [0.1, 0.15) is 11.9 Å². The summed E-state index contributed by atoms with van der Waals surface area (Å²) >= 11 is 0. The van der Waals surface area contributed by atoms with Crippen LogP contribution < -0.4 is 0 Å². The number of likely N-dealkylation sites (tertiary alicyclic amines) is 2. The van der Waals surface area contributed by atoms with Crippen LogP contribution in [-0.4, -0.2) is 71.7 Å². The molecular formula is C21H34F2N2O4. The van der Waals surface area contributed by atoms with Crippen molar-refractivity contribution in [3.8, 4) is 0 Å². The van der Waals surface area contributed by atoms with Gasteiger partial charge >= 0.3 is 5.97 Å². The molecule has 1 aliphatic carbocycles. The van der Waals surface area contributed by atoms with Crippen molar-refractivity contribution >= 4 is 12.3 Å². The maximum absolute atomic E-state index is 14.2. The van der Waals surface area contributed by atoms with Crippen LogP contribution in [-0.2, 0) is 19.1 Å². The molecule has 8 heteroatoms. The first-order chi connectivity index (χ1) is 13.6. The Balaban J connectivity index is 1.92. The van der Waals surface area contributed by atoms with Gasteiger partial charge in [-0.25, -0.2) is 18.5 Å². The topological polar surface area (TPSA) is 59.1 Å². The van der Waals surface area contributed by atoms with Gasteiger partial charge in [0.2, 0.25) is 0 Å². The first kappa shape index (κ1) is 22.6. The molecule has 29 heavy (non-hydrogen) atoms. The molecule has 6 nitrogen and oxygen atoms in total. The van der Waals surface area contributed by atoms with E-state index in [1.54, 1.807) is 20.8 Å². The first-order valence-electron chi connectivity index (χ1n) is 10.8. The molecule has 0 amide bonds. The van der Waals surface area contributed by atoms with Crippen molar-refractivity contribution in [2.24, 2.45) is 5.92 Å². The number of halogens is 2. The SMILES string of the molecule is CC(C)(C)OC(=O)C(OC1CCC(C=O)CC1)(N1CCCC1)N1CCC(F)(F)C1. The van der Waals surface area contributed by atoms with E-state index >= 15 is 0 Å². The number of hydrogen-bond acceptors (Lipinski definition) is 6. The highest BCUT2D eigenvalue weighted by molar-refractivity contribution is 5.79. The number of ether oxygens (including phenoxy) is 2. The maximum Gasteiger partial charge on any atom is 0.371 e. The molecule has 0 spiro atoms. The summed E-state index contributed by atoms with van der Waals surface area (Å²) in [6.07, 6.45) is 4.81. The molecule has 2 saturated heterocycles. The summed E-state index contributed by atoms with van der Waals surface area (Å²) in [7, 11) is 0. The Morgan fingerprint density at radius 3 is 2.14 bits per heavy atom. The van der Waals surface area contributed by atoms with Crippen LogP contribution in [0.4, 0.5) is 8.78 Å². The molecule has 0 radical (unpaired) electrons. The van der Waals surface area contributed by atoms with Gasteiger partial charge in [0.15, 0.2) is 0 Å². The quantitative estimate of drug-likeness (QED) is 0.490. The number of hydrogen-bond donors (Lipinski definition) is 0. The Kier molecular flexibility index (Phi) is 6.65. The zero-order valence-electron chi connectivity index (χ0n) is 17.8. The third-order valence-corrected chi connectivity index (χ3v) is 6.04. The van der Waals surface area contributed by atoms with Gasteiger partial charge in [-0.15, -0.1) is 0 Å². The summed E-state index contributed by atoms with van der Waals surface area (Å²) < 4.78 is 40.6. The predicted octanol–water partition coefficient (Wildman–Crippen LogP) is 3.19. The normalized spacial score (nSPS) is 30.8. The van der Waals surface area contributed by atoms with Crippen LogP contribution in [0.1, 0.15) is 65.7 Å². The van der Waals surface area contributed by atoms with Crippen LogP contribution in [0.15, 0.2) is 0 Å². The lowest BCUT2D eigenvalue weighted by Gasteiger charge is -2.48. The van der Waals surface area contributed by atoms with E-state index in [9.17, 15) is 18.4 Å². The minimum absolute atomic E-state index is 0.00804. The lowest BCUT2D eigenvalue weighted by Crippen LogP contribution is -2.68. The maximum atomic E-state index is 14.2. The monoisotopic (exact) mass is 416 g/mol. The Labute approximate surface area is 171 Å². The highest BCUT2D eigenvalue weighted by Crippen LogP contribution is 2.40. The minimum atomic E-state index is -2.86. The zero-order valence-corrected chi connectivity index (χ0v) is 17.8. The van der Waals surface area contributed by atoms with Gasteiger partial charge in [-0.2, -0.15) is 0 Å². The van der Waals surface area contributed by atoms with Crippen molar-refractivity contribution in [1.29, 1.82) is 0 Å². The molecule has 0 bridgehead atoms. The fraction of sp³-hybridized carbons (Fsp3) is 0.905. The van der Waals surface area contributed by atoms with Crippen molar-refractivity contribution in [3.63, 3.8) is 0 Å². The summed E-state index contributed by atoms with van der Waals surface area (Å²) in [5.41, 5.74) is -0.761. The summed E-state index contributed by atoms with van der Waals surface area (Å²) in [5, 5.41) is 0. The summed E-state index contributed by atoms with van der Waals surface area (Å²) in [5.74, 6) is -5.09. The molecule has 3 aliphatic rings. The first-order valence-corrected chi connectivity index (χ1v) is 10.8.